The van der Waals surface area contributed by atoms with Gasteiger partial charge in [0.05, 0.1) is 0 Å². The lowest BCUT2D eigenvalue weighted by atomic mass is 9.75. The molecule has 2 rings (SSSR count). The number of piperidine rings is 1. The zero-order chi connectivity index (χ0) is 16.2. The number of nitrogens with zero attached hydrogens (tertiary/aromatic N) is 2. The van der Waals surface area contributed by atoms with E-state index in [-0.39, 0.29) is 0 Å². The molecule has 0 amide bonds. The van der Waals surface area contributed by atoms with Crippen molar-refractivity contribution in [3.05, 3.63) is 0 Å². The Labute approximate surface area is 139 Å². The standard InChI is InChI=1S/C20H40N2/c1-19(2,3)18-8-14-22(15-9-18)17-11-20(4,5)10-16-21-12-6-7-13-21/h18H,6-17H2,1-5H3. The quantitative estimate of drug-likeness (QED) is 0.705. The van der Waals surface area contributed by atoms with Gasteiger partial charge in [0, 0.05) is 0 Å². The zero-order valence-electron chi connectivity index (χ0n) is 16.0. The van der Waals surface area contributed by atoms with E-state index >= 15 is 0 Å². The maximum atomic E-state index is 2.72. The summed E-state index contributed by atoms with van der Waals surface area (Å²) in [4.78, 5) is 5.39. The van der Waals surface area contributed by atoms with E-state index < -0.39 is 0 Å². The van der Waals surface area contributed by atoms with Gasteiger partial charge in [0.2, 0.25) is 0 Å². The van der Waals surface area contributed by atoms with Crippen molar-refractivity contribution in [3.63, 3.8) is 0 Å². The predicted octanol–water partition coefficient (Wildman–Crippen LogP) is 4.65. The third-order valence-electron chi connectivity index (χ3n) is 6.22. The first-order chi connectivity index (χ1) is 10.3. The normalized spacial score (nSPS) is 23.3. The molecule has 0 aromatic rings. The SMILES string of the molecule is CC(C)(CCN1CCCC1)CCN1CCC(C(C)(C)C)CC1. The summed E-state index contributed by atoms with van der Waals surface area (Å²) in [5, 5.41) is 0. The van der Waals surface area contributed by atoms with Crippen LogP contribution in [0.3, 0.4) is 0 Å². The molecule has 0 aliphatic carbocycles. The molecular weight excluding hydrogens is 268 g/mol. The second-order valence-electron chi connectivity index (χ2n) is 9.69. The third kappa shape index (κ3) is 5.85. The number of likely N-dealkylation sites (tertiary alicyclic amines) is 2. The van der Waals surface area contributed by atoms with Crippen LogP contribution in [0.2, 0.25) is 0 Å². The Morgan fingerprint density at radius 1 is 0.727 bits per heavy atom. The van der Waals surface area contributed by atoms with Crippen molar-refractivity contribution < 1.29 is 0 Å². The van der Waals surface area contributed by atoms with E-state index in [2.05, 4.69) is 44.4 Å². The summed E-state index contributed by atoms with van der Waals surface area (Å²) in [6.45, 7) is 20.2. The number of hydrogen-bond acceptors (Lipinski definition) is 2. The lowest BCUT2D eigenvalue weighted by Gasteiger charge is -2.40. The summed E-state index contributed by atoms with van der Waals surface area (Å²) in [6.07, 6.45) is 8.37. The molecule has 2 aliphatic heterocycles. The number of rotatable bonds is 6. The second-order valence-corrected chi connectivity index (χ2v) is 9.69. The molecule has 2 aliphatic rings. The van der Waals surface area contributed by atoms with E-state index in [0.29, 0.717) is 10.8 Å². The molecule has 2 saturated heterocycles. The Morgan fingerprint density at radius 2 is 1.18 bits per heavy atom. The van der Waals surface area contributed by atoms with E-state index in [1.54, 1.807) is 0 Å². The first-order valence-electron chi connectivity index (χ1n) is 9.71. The van der Waals surface area contributed by atoms with Crippen LogP contribution < -0.4 is 0 Å². The maximum Gasteiger partial charge on any atom is -0.00136 e. The minimum atomic E-state index is 0.501. The van der Waals surface area contributed by atoms with Gasteiger partial charge in [-0.1, -0.05) is 34.6 Å². The first kappa shape index (κ1) is 18.3. The molecule has 0 aromatic carbocycles. The molecule has 2 heterocycles. The van der Waals surface area contributed by atoms with Gasteiger partial charge in [0.25, 0.3) is 0 Å². The fourth-order valence-corrected chi connectivity index (χ4v) is 4.08. The molecule has 22 heavy (non-hydrogen) atoms. The lowest BCUT2D eigenvalue weighted by molar-refractivity contribution is 0.0997. The van der Waals surface area contributed by atoms with Crippen LogP contribution in [0, 0.1) is 16.7 Å². The molecular formula is C20H40N2. The van der Waals surface area contributed by atoms with Gasteiger partial charge in [-0.25, -0.2) is 0 Å². The van der Waals surface area contributed by atoms with Crippen molar-refractivity contribution >= 4 is 0 Å². The topological polar surface area (TPSA) is 6.48 Å². The molecule has 2 nitrogen and oxygen atoms in total. The Bertz CT molecular complexity index is 315. The molecule has 0 bridgehead atoms. The van der Waals surface area contributed by atoms with E-state index in [9.17, 15) is 0 Å². The minimum absolute atomic E-state index is 0.501. The van der Waals surface area contributed by atoms with Gasteiger partial charge < -0.3 is 9.80 Å². The smallest absolute Gasteiger partial charge is 0.00136 e. The third-order valence-corrected chi connectivity index (χ3v) is 6.22. The van der Waals surface area contributed by atoms with Crippen LogP contribution >= 0.6 is 0 Å². The Hall–Kier alpha value is -0.0800. The van der Waals surface area contributed by atoms with Crippen LogP contribution in [0.5, 0.6) is 0 Å². The zero-order valence-corrected chi connectivity index (χ0v) is 16.0. The van der Waals surface area contributed by atoms with E-state index in [1.165, 1.54) is 77.8 Å². The van der Waals surface area contributed by atoms with Crippen molar-refractivity contribution in [2.45, 2.75) is 73.1 Å². The van der Waals surface area contributed by atoms with Crippen molar-refractivity contribution in [2.75, 3.05) is 39.3 Å². The highest BCUT2D eigenvalue weighted by atomic mass is 15.1. The van der Waals surface area contributed by atoms with Crippen molar-refractivity contribution in [1.82, 2.24) is 9.80 Å². The van der Waals surface area contributed by atoms with Crippen LogP contribution in [0.15, 0.2) is 0 Å². The summed E-state index contributed by atoms with van der Waals surface area (Å²) in [6, 6.07) is 0. The maximum absolute atomic E-state index is 2.72. The second kappa shape index (κ2) is 7.66. The van der Waals surface area contributed by atoms with Crippen molar-refractivity contribution in [2.24, 2.45) is 16.7 Å². The summed E-state index contributed by atoms with van der Waals surface area (Å²) >= 11 is 0. The predicted molar refractivity (Wildman–Crippen MR) is 97.3 cm³/mol. The van der Waals surface area contributed by atoms with Crippen molar-refractivity contribution in [3.8, 4) is 0 Å². The fourth-order valence-electron chi connectivity index (χ4n) is 4.08. The molecule has 0 atom stereocenters. The summed E-state index contributed by atoms with van der Waals surface area (Å²) in [5.41, 5.74) is 1.00. The van der Waals surface area contributed by atoms with Crippen LogP contribution in [0.4, 0.5) is 0 Å². The molecule has 2 heteroatoms. The highest BCUT2D eigenvalue weighted by Gasteiger charge is 2.29. The van der Waals surface area contributed by atoms with Gasteiger partial charge in [-0.15, -0.1) is 0 Å². The lowest BCUT2D eigenvalue weighted by Crippen LogP contribution is -2.39. The molecule has 0 radical (unpaired) electrons. The van der Waals surface area contributed by atoms with Crippen LogP contribution in [-0.2, 0) is 0 Å². The monoisotopic (exact) mass is 308 g/mol. The molecule has 130 valence electrons. The molecule has 2 fully saturated rings. The average molecular weight is 309 g/mol. The largest absolute Gasteiger partial charge is 0.303 e. The molecule has 0 unspecified atom stereocenters. The van der Waals surface area contributed by atoms with E-state index in [1.807, 2.05) is 0 Å². The fraction of sp³-hybridized carbons (Fsp3) is 1.00. The van der Waals surface area contributed by atoms with Crippen LogP contribution in [0.1, 0.15) is 73.1 Å². The molecule has 0 saturated carbocycles. The Kier molecular flexibility index (Phi) is 6.36. The average Bonchev–Trinajstić information content (AvgIpc) is 2.96. The highest BCUT2D eigenvalue weighted by Crippen LogP contribution is 2.35. The van der Waals surface area contributed by atoms with Gasteiger partial charge in [-0.3, -0.25) is 0 Å². The van der Waals surface area contributed by atoms with E-state index in [4.69, 9.17) is 0 Å². The molecule has 0 spiro atoms. The minimum Gasteiger partial charge on any atom is -0.303 e. The summed E-state index contributed by atoms with van der Waals surface area (Å²) in [5.74, 6) is 0.923. The van der Waals surface area contributed by atoms with Gasteiger partial charge in [0.1, 0.15) is 0 Å². The first-order valence-corrected chi connectivity index (χ1v) is 9.71. The van der Waals surface area contributed by atoms with Gasteiger partial charge in [-0.05, 0) is 94.5 Å². The molecule has 0 N–H and O–H groups in total. The molecule has 0 aromatic heterocycles. The summed E-state index contributed by atoms with van der Waals surface area (Å²) in [7, 11) is 0. The number of hydrogen-bond donors (Lipinski definition) is 0. The van der Waals surface area contributed by atoms with Gasteiger partial charge >= 0.3 is 0 Å². The van der Waals surface area contributed by atoms with Crippen molar-refractivity contribution in [1.29, 1.82) is 0 Å². The van der Waals surface area contributed by atoms with E-state index in [0.717, 1.165) is 5.92 Å². The highest BCUT2D eigenvalue weighted by molar-refractivity contribution is 4.82. The van der Waals surface area contributed by atoms with Gasteiger partial charge in [-0.2, -0.15) is 0 Å². The van der Waals surface area contributed by atoms with Crippen LogP contribution in [0.25, 0.3) is 0 Å². The van der Waals surface area contributed by atoms with Gasteiger partial charge in [0.15, 0.2) is 0 Å². The Balaban J connectivity index is 1.64. The van der Waals surface area contributed by atoms with Crippen LogP contribution in [-0.4, -0.2) is 49.1 Å². The summed E-state index contributed by atoms with van der Waals surface area (Å²) < 4.78 is 0. The Morgan fingerprint density at radius 3 is 1.64 bits per heavy atom.